The molecule has 0 aliphatic rings. The molecule has 6 nitrogen and oxygen atoms in total. The van der Waals surface area contributed by atoms with E-state index < -0.39 is 0 Å². The summed E-state index contributed by atoms with van der Waals surface area (Å²) in [5.74, 6) is 0.659. The zero-order valence-corrected chi connectivity index (χ0v) is 15.0. The predicted octanol–water partition coefficient (Wildman–Crippen LogP) is 2.66. The maximum absolute atomic E-state index is 12.0. The highest BCUT2D eigenvalue weighted by molar-refractivity contribution is 14.1. The molecule has 0 atom stereocenters. The summed E-state index contributed by atoms with van der Waals surface area (Å²) in [6.45, 7) is 0.242. The maximum Gasteiger partial charge on any atom is 0.264 e. The van der Waals surface area contributed by atoms with E-state index in [1.165, 1.54) is 7.11 Å². The van der Waals surface area contributed by atoms with Crippen molar-refractivity contribution in [2.45, 2.75) is 6.61 Å². The molecule has 0 bridgehead atoms. The number of H-pyrrole nitrogens is 1. The van der Waals surface area contributed by atoms with Gasteiger partial charge in [-0.15, -0.1) is 0 Å². The summed E-state index contributed by atoms with van der Waals surface area (Å²) in [5, 5.41) is 9.82. The third kappa shape index (κ3) is 3.38. The lowest BCUT2D eigenvalue weighted by Gasteiger charge is -2.10. The van der Waals surface area contributed by atoms with Crippen LogP contribution in [0.15, 0.2) is 21.4 Å². The number of aromatic hydroxyl groups is 1. The van der Waals surface area contributed by atoms with E-state index in [0.29, 0.717) is 25.1 Å². The molecule has 0 unspecified atom stereocenters. The second kappa shape index (κ2) is 6.75. The van der Waals surface area contributed by atoms with Gasteiger partial charge in [0.25, 0.3) is 5.56 Å². The van der Waals surface area contributed by atoms with Crippen LogP contribution in [0.25, 0.3) is 11.4 Å². The number of rotatable bonds is 4. The van der Waals surface area contributed by atoms with Gasteiger partial charge in [0.1, 0.15) is 9.39 Å². The molecule has 0 saturated heterocycles. The van der Waals surface area contributed by atoms with Crippen LogP contribution in [0.2, 0.25) is 0 Å². The number of hydrogen-bond donors (Lipinski definition) is 2. The number of phenolic OH excluding ortho intramolecular Hbond substituents is 1. The fraction of sp³-hybridized carbons (Fsp3) is 0.231. The first-order valence-electron chi connectivity index (χ1n) is 5.82. The van der Waals surface area contributed by atoms with Gasteiger partial charge >= 0.3 is 0 Å². The first-order chi connectivity index (χ1) is 9.97. The van der Waals surface area contributed by atoms with Gasteiger partial charge in [0.2, 0.25) is 0 Å². The summed E-state index contributed by atoms with van der Waals surface area (Å²) in [6, 6.07) is 3.25. The molecule has 0 saturated carbocycles. The number of halogens is 2. The normalized spacial score (nSPS) is 10.7. The highest BCUT2D eigenvalue weighted by atomic mass is 127. The van der Waals surface area contributed by atoms with E-state index >= 15 is 0 Å². The van der Waals surface area contributed by atoms with Crippen LogP contribution in [0.4, 0.5) is 0 Å². The van der Waals surface area contributed by atoms with Gasteiger partial charge in [0.15, 0.2) is 11.5 Å². The molecule has 1 aromatic carbocycles. The molecule has 0 aliphatic carbocycles. The second-order valence-electron chi connectivity index (χ2n) is 4.12. The molecule has 0 aliphatic heterocycles. The van der Waals surface area contributed by atoms with Crippen LogP contribution in [0, 0.1) is 3.57 Å². The van der Waals surface area contributed by atoms with Crippen molar-refractivity contribution in [2.24, 2.45) is 0 Å². The summed E-state index contributed by atoms with van der Waals surface area (Å²) in [5.41, 5.74) is 0.929. The van der Waals surface area contributed by atoms with Gasteiger partial charge in [0, 0.05) is 12.7 Å². The van der Waals surface area contributed by atoms with Gasteiger partial charge in [0.05, 0.1) is 23.9 Å². The number of phenols is 1. The van der Waals surface area contributed by atoms with E-state index in [4.69, 9.17) is 9.47 Å². The lowest BCUT2D eigenvalue weighted by Crippen LogP contribution is -2.16. The van der Waals surface area contributed by atoms with Crippen molar-refractivity contribution in [3.8, 4) is 22.9 Å². The van der Waals surface area contributed by atoms with Crippen LogP contribution < -0.4 is 10.3 Å². The number of methoxy groups -OCH3 is 2. The second-order valence-corrected chi connectivity index (χ2v) is 6.05. The maximum atomic E-state index is 12.0. The fourth-order valence-corrected chi connectivity index (χ4v) is 2.59. The van der Waals surface area contributed by atoms with Crippen LogP contribution in [0.3, 0.4) is 0 Å². The molecule has 112 valence electrons. The Hall–Kier alpha value is -1.13. The van der Waals surface area contributed by atoms with Crippen molar-refractivity contribution in [3.63, 3.8) is 0 Å². The molecule has 2 rings (SSSR count). The van der Waals surface area contributed by atoms with Crippen molar-refractivity contribution >= 4 is 38.5 Å². The standard InChI is InChI=1S/C13H12BrIN2O4/c1-20-5-8-10(15)13(19)17-12(16-8)6-3-7(14)11(18)9(4-6)21-2/h3-4,18H,5H2,1-2H3,(H,16,17,19). The van der Waals surface area contributed by atoms with Gasteiger partial charge in [-0.25, -0.2) is 4.98 Å². The van der Waals surface area contributed by atoms with E-state index in [0.717, 1.165) is 0 Å². The van der Waals surface area contributed by atoms with Gasteiger partial charge in [-0.2, -0.15) is 0 Å². The van der Waals surface area contributed by atoms with Crippen molar-refractivity contribution in [1.29, 1.82) is 0 Å². The summed E-state index contributed by atoms with van der Waals surface area (Å²) < 4.78 is 11.1. The zero-order valence-electron chi connectivity index (χ0n) is 11.2. The predicted molar refractivity (Wildman–Crippen MR) is 89.6 cm³/mol. The van der Waals surface area contributed by atoms with Crippen molar-refractivity contribution < 1.29 is 14.6 Å². The first-order valence-corrected chi connectivity index (χ1v) is 7.69. The minimum absolute atomic E-state index is 0.00813. The molecule has 1 aromatic heterocycles. The molecule has 8 heteroatoms. The van der Waals surface area contributed by atoms with Gasteiger partial charge in [-0.1, -0.05) is 0 Å². The van der Waals surface area contributed by atoms with E-state index in [9.17, 15) is 9.90 Å². The number of nitrogens with one attached hydrogen (secondary N) is 1. The first kappa shape index (κ1) is 16.2. The number of nitrogens with zero attached hydrogens (tertiary/aromatic N) is 1. The Kier molecular flexibility index (Phi) is 5.22. The highest BCUT2D eigenvalue weighted by Gasteiger charge is 2.14. The summed E-state index contributed by atoms with van der Waals surface area (Å²) in [7, 11) is 2.99. The molecular formula is C13H12BrIN2O4. The monoisotopic (exact) mass is 466 g/mol. The summed E-state index contributed by atoms with van der Waals surface area (Å²) in [6.07, 6.45) is 0. The number of aromatic nitrogens is 2. The third-order valence-corrected chi connectivity index (χ3v) is 4.45. The van der Waals surface area contributed by atoms with Crippen molar-refractivity contribution in [2.75, 3.05) is 14.2 Å². The summed E-state index contributed by atoms with van der Waals surface area (Å²) in [4.78, 5) is 19.1. The van der Waals surface area contributed by atoms with Crippen LogP contribution in [0.5, 0.6) is 11.5 Å². The molecule has 0 amide bonds. The smallest absolute Gasteiger partial charge is 0.264 e. The molecule has 0 spiro atoms. The quantitative estimate of drug-likeness (QED) is 0.677. The van der Waals surface area contributed by atoms with Crippen LogP contribution in [-0.4, -0.2) is 29.3 Å². The average Bonchev–Trinajstić information content (AvgIpc) is 2.46. The Morgan fingerprint density at radius 1 is 1.43 bits per heavy atom. The Balaban J connectivity index is 2.62. The Morgan fingerprint density at radius 3 is 2.76 bits per heavy atom. The minimum atomic E-state index is -0.240. The molecule has 21 heavy (non-hydrogen) atoms. The number of aromatic amines is 1. The number of ether oxygens (including phenoxy) is 2. The van der Waals surface area contributed by atoms with Gasteiger partial charge in [-0.3, -0.25) is 4.79 Å². The highest BCUT2D eigenvalue weighted by Crippen LogP contribution is 2.37. The lowest BCUT2D eigenvalue weighted by atomic mass is 10.2. The zero-order chi connectivity index (χ0) is 15.6. The Bertz CT molecular complexity index is 733. The molecule has 0 fully saturated rings. The Labute approximate surface area is 142 Å². The van der Waals surface area contributed by atoms with E-state index in [2.05, 4.69) is 25.9 Å². The number of benzene rings is 1. The number of hydrogen-bond acceptors (Lipinski definition) is 5. The van der Waals surface area contributed by atoms with Gasteiger partial charge < -0.3 is 19.6 Å². The molecule has 2 N–H and O–H groups in total. The van der Waals surface area contributed by atoms with Crippen LogP contribution >= 0.6 is 38.5 Å². The van der Waals surface area contributed by atoms with Crippen molar-refractivity contribution in [3.05, 3.63) is 36.2 Å². The molecule has 2 aromatic rings. The third-order valence-electron chi connectivity index (χ3n) is 2.73. The van der Waals surface area contributed by atoms with Crippen LogP contribution in [0.1, 0.15) is 5.69 Å². The van der Waals surface area contributed by atoms with Gasteiger partial charge in [-0.05, 0) is 50.7 Å². The van der Waals surface area contributed by atoms with Crippen molar-refractivity contribution in [1.82, 2.24) is 9.97 Å². The molecular weight excluding hydrogens is 455 g/mol. The average molecular weight is 467 g/mol. The fourth-order valence-electron chi connectivity index (χ4n) is 1.74. The lowest BCUT2D eigenvalue weighted by molar-refractivity contribution is 0.180. The molecule has 1 heterocycles. The largest absolute Gasteiger partial charge is 0.503 e. The van der Waals surface area contributed by atoms with Crippen LogP contribution in [-0.2, 0) is 11.3 Å². The minimum Gasteiger partial charge on any atom is -0.503 e. The van der Waals surface area contributed by atoms with E-state index in [1.54, 1.807) is 19.2 Å². The van der Waals surface area contributed by atoms with E-state index in [-0.39, 0.29) is 23.7 Å². The Morgan fingerprint density at radius 2 is 2.14 bits per heavy atom. The SMILES string of the molecule is COCc1nc(-c2cc(Br)c(O)c(OC)c2)[nH]c(=O)c1I. The molecule has 0 radical (unpaired) electrons. The van der Waals surface area contributed by atoms with E-state index in [1.807, 2.05) is 22.6 Å². The summed E-state index contributed by atoms with van der Waals surface area (Å²) >= 11 is 5.17. The topological polar surface area (TPSA) is 84.4 Å².